The van der Waals surface area contributed by atoms with Gasteiger partial charge in [-0.15, -0.1) is 0 Å². The molecule has 5 unspecified atom stereocenters. The van der Waals surface area contributed by atoms with E-state index in [1.807, 2.05) is 0 Å². The summed E-state index contributed by atoms with van der Waals surface area (Å²) in [5.74, 6) is -1.14. The zero-order chi connectivity index (χ0) is 13.2. The van der Waals surface area contributed by atoms with Gasteiger partial charge in [0.05, 0.1) is 0 Å². The van der Waals surface area contributed by atoms with E-state index in [1.165, 1.54) is 13.8 Å². The second-order valence-electron chi connectivity index (χ2n) is 4.20. The summed E-state index contributed by atoms with van der Waals surface area (Å²) < 4.78 is 9.91. The maximum atomic E-state index is 10.9. The molecule has 0 amide bonds. The first-order valence-electron chi connectivity index (χ1n) is 5.36. The van der Waals surface area contributed by atoms with Crippen LogP contribution in [0.1, 0.15) is 20.3 Å². The van der Waals surface area contributed by atoms with Crippen LogP contribution in [0.4, 0.5) is 0 Å². The molecule has 0 aromatic heterocycles. The summed E-state index contributed by atoms with van der Waals surface area (Å²) in [6.45, 7) is 2.42. The van der Waals surface area contributed by atoms with Gasteiger partial charge in [-0.1, -0.05) is 0 Å². The number of hydrogen-bond acceptors (Lipinski definition) is 7. The third-order valence-electron chi connectivity index (χ3n) is 2.67. The molecular formula is C10H18N2O5. The Bertz CT molecular complexity index is 309. The molecule has 7 heteroatoms. The van der Waals surface area contributed by atoms with Crippen LogP contribution in [0, 0.1) is 0 Å². The van der Waals surface area contributed by atoms with Crippen molar-refractivity contribution in [2.75, 3.05) is 0 Å². The molecule has 0 saturated heterocycles. The lowest BCUT2D eigenvalue weighted by atomic mass is 9.84. The van der Waals surface area contributed by atoms with Crippen LogP contribution in [0.25, 0.3) is 0 Å². The molecule has 0 aromatic carbocycles. The van der Waals surface area contributed by atoms with Gasteiger partial charge in [0, 0.05) is 25.9 Å². The minimum absolute atomic E-state index is 0.289. The van der Waals surface area contributed by atoms with Gasteiger partial charge in [-0.05, 0) is 6.42 Å². The molecule has 1 aliphatic carbocycles. The predicted molar refractivity (Wildman–Crippen MR) is 57.7 cm³/mol. The maximum absolute atomic E-state index is 10.9. The van der Waals surface area contributed by atoms with Crippen LogP contribution in [0.3, 0.4) is 0 Å². The molecule has 1 aliphatic rings. The van der Waals surface area contributed by atoms with Gasteiger partial charge in [-0.2, -0.15) is 0 Å². The molecule has 7 nitrogen and oxygen atoms in total. The standard InChI is InChI=1S/C10H18N2O5/c1-4(13)16-9-7(12)3-6(11)8(15)10(9)17-5(2)14/h6-10,15H,3,11-12H2,1-2H3. The van der Waals surface area contributed by atoms with Crippen LogP contribution >= 0.6 is 0 Å². The molecule has 0 heterocycles. The van der Waals surface area contributed by atoms with E-state index in [2.05, 4.69) is 0 Å². The smallest absolute Gasteiger partial charge is 0.303 e. The zero-order valence-electron chi connectivity index (χ0n) is 9.83. The summed E-state index contributed by atoms with van der Waals surface area (Å²) in [5, 5.41) is 9.84. The van der Waals surface area contributed by atoms with Gasteiger partial charge >= 0.3 is 11.9 Å². The zero-order valence-corrected chi connectivity index (χ0v) is 9.83. The molecule has 5 atom stereocenters. The maximum Gasteiger partial charge on any atom is 0.303 e. The first-order valence-corrected chi connectivity index (χ1v) is 5.36. The average Bonchev–Trinajstić information content (AvgIpc) is 2.19. The monoisotopic (exact) mass is 246 g/mol. The van der Waals surface area contributed by atoms with E-state index in [0.29, 0.717) is 0 Å². The van der Waals surface area contributed by atoms with E-state index in [0.717, 1.165) is 0 Å². The summed E-state index contributed by atoms with van der Waals surface area (Å²) in [4.78, 5) is 21.9. The van der Waals surface area contributed by atoms with E-state index < -0.39 is 42.3 Å². The number of nitrogens with two attached hydrogens (primary N) is 2. The molecule has 0 spiro atoms. The highest BCUT2D eigenvalue weighted by Crippen LogP contribution is 2.23. The van der Waals surface area contributed by atoms with Gasteiger partial charge in [0.1, 0.15) is 6.10 Å². The van der Waals surface area contributed by atoms with Crippen molar-refractivity contribution in [3.05, 3.63) is 0 Å². The van der Waals surface area contributed by atoms with Crippen molar-refractivity contribution in [3.63, 3.8) is 0 Å². The number of rotatable bonds is 2. The Morgan fingerprint density at radius 2 is 1.53 bits per heavy atom. The Kier molecular flexibility index (Phi) is 4.44. The molecule has 0 bridgehead atoms. The van der Waals surface area contributed by atoms with Crippen molar-refractivity contribution in [1.82, 2.24) is 0 Å². The number of aliphatic hydroxyl groups excluding tert-OH is 1. The normalized spacial score (nSPS) is 37.4. The topological polar surface area (TPSA) is 125 Å². The molecule has 0 radical (unpaired) electrons. The van der Waals surface area contributed by atoms with Crippen molar-refractivity contribution in [2.24, 2.45) is 11.5 Å². The number of esters is 2. The quantitative estimate of drug-likeness (QED) is 0.494. The Morgan fingerprint density at radius 1 is 1.06 bits per heavy atom. The average molecular weight is 246 g/mol. The van der Waals surface area contributed by atoms with E-state index in [4.69, 9.17) is 20.9 Å². The molecule has 1 saturated carbocycles. The van der Waals surface area contributed by atoms with Crippen molar-refractivity contribution in [3.8, 4) is 0 Å². The number of ether oxygens (including phenoxy) is 2. The highest BCUT2D eigenvalue weighted by molar-refractivity contribution is 5.67. The molecule has 1 fully saturated rings. The van der Waals surface area contributed by atoms with Gasteiger partial charge in [0.25, 0.3) is 0 Å². The Labute approximate surface area is 99.0 Å². The van der Waals surface area contributed by atoms with Gasteiger partial charge in [-0.25, -0.2) is 0 Å². The third-order valence-corrected chi connectivity index (χ3v) is 2.67. The SMILES string of the molecule is CC(=O)OC1C(N)CC(N)C(O)C1OC(C)=O. The van der Waals surface area contributed by atoms with E-state index >= 15 is 0 Å². The minimum atomic E-state index is -1.09. The second-order valence-corrected chi connectivity index (χ2v) is 4.20. The van der Waals surface area contributed by atoms with E-state index in [-0.39, 0.29) is 6.42 Å². The minimum Gasteiger partial charge on any atom is -0.457 e. The fourth-order valence-electron chi connectivity index (χ4n) is 1.94. The van der Waals surface area contributed by atoms with Crippen molar-refractivity contribution >= 4 is 11.9 Å². The molecule has 98 valence electrons. The number of carbonyl (C=O) groups is 2. The van der Waals surface area contributed by atoms with Gasteiger partial charge in [0.15, 0.2) is 12.2 Å². The second kappa shape index (κ2) is 5.44. The highest BCUT2D eigenvalue weighted by atomic mass is 16.6. The van der Waals surface area contributed by atoms with Crippen LogP contribution in [0.5, 0.6) is 0 Å². The molecule has 0 aromatic rings. The van der Waals surface area contributed by atoms with Crippen molar-refractivity contribution in [2.45, 2.75) is 50.7 Å². The van der Waals surface area contributed by atoms with Gasteiger partial charge in [-0.3, -0.25) is 9.59 Å². The summed E-state index contributed by atoms with van der Waals surface area (Å²) in [5.41, 5.74) is 11.5. The van der Waals surface area contributed by atoms with Crippen LogP contribution in [0.15, 0.2) is 0 Å². The van der Waals surface area contributed by atoms with Crippen LogP contribution in [-0.2, 0) is 19.1 Å². The van der Waals surface area contributed by atoms with E-state index in [9.17, 15) is 14.7 Å². The predicted octanol–water partition coefficient (Wildman–Crippen LogP) is -1.73. The number of aliphatic hydroxyl groups is 1. The fourth-order valence-corrected chi connectivity index (χ4v) is 1.94. The Balaban J connectivity index is 2.86. The Morgan fingerprint density at radius 3 is 2.00 bits per heavy atom. The van der Waals surface area contributed by atoms with Crippen molar-refractivity contribution < 1.29 is 24.2 Å². The van der Waals surface area contributed by atoms with Crippen LogP contribution in [-0.4, -0.2) is 47.4 Å². The summed E-state index contributed by atoms with van der Waals surface area (Å²) in [6.07, 6.45) is -2.69. The van der Waals surface area contributed by atoms with Crippen LogP contribution in [0.2, 0.25) is 0 Å². The number of hydrogen-bond donors (Lipinski definition) is 3. The van der Waals surface area contributed by atoms with Crippen molar-refractivity contribution in [1.29, 1.82) is 0 Å². The molecular weight excluding hydrogens is 228 g/mol. The molecule has 17 heavy (non-hydrogen) atoms. The Hall–Kier alpha value is -1.18. The highest BCUT2D eigenvalue weighted by Gasteiger charge is 2.45. The summed E-state index contributed by atoms with van der Waals surface area (Å²) in [7, 11) is 0. The third kappa shape index (κ3) is 3.39. The fraction of sp³-hybridized carbons (Fsp3) is 0.800. The van der Waals surface area contributed by atoms with Crippen LogP contribution < -0.4 is 11.5 Å². The molecule has 0 aliphatic heterocycles. The lowest BCUT2D eigenvalue weighted by Gasteiger charge is -2.40. The largest absolute Gasteiger partial charge is 0.457 e. The molecule has 1 rings (SSSR count). The summed E-state index contributed by atoms with van der Waals surface area (Å²) >= 11 is 0. The van der Waals surface area contributed by atoms with Gasteiger partial charge in [0.2, 0.25) is 0 Å². The van der Waals surface area contributed by atoms with Gasteiger partial charge < -0.3 is 26.0 Å². The lowest BCUT2D eigenvalue weighted by Crippen LogP contribution is -2.63. The first-order chi connectivity index (χ1) is 7.82. The first kappa shape index (κ1) is 13.9. The summed E-state index contributed by atoms with van der Waals surface area (Å²) in [6, 6.07) is -1.18. The number of carbonyl (C=O) groups excluding carboxylic acids is 2. The lowest BCUT2D eigenvalue weighted by molar-refractivity contribution is -0.184. The molecule has 5 N–H and O–H groups in total. The van der Waals surface area contributed by atoms with E-state index in [1.54, 1.807) is 0 Å².